The lowest BCUT2D eigenvalue weighted by atomic mass is 10.1. The molecule has 0 saturated carbocycles. The Labute approximate surface area is 152 Å². The summed E-state index contributed by atoms with van der Waals surface area (Å²) in [4.78, 5) is 16.9. The van der Waals surface area contributed by atoms with Gasteiger partial charge in [-0.15, -0.1) is 0 Å². The predicted octanol–water partition coefficient (Wildman–Crippen LogP) is 3.60. The summed E-state index contributed by atoms with van der Waals surface area (Å²) in [5, 5.41) is 6.76. The minimum absolute atomic E-state index is 0.271. The SMILES string of the molecule is CCOc1ccc(-c2cnc(NC(=O)c3c(CC)noc3C)n2C)cc1. The molecule has 3 rings (SSSR count). The van der Waals surface area contributed by atoms with Crippen LogP contribution < -0.4 is 10.1 Å². The van der Waals surface area contributed by atoms with E-state index >= 15 is 0 Å². The van der Waals surface area contributed by atoms with Gasteiger partial charge in [0.15, 0.2) is 0 Å². The molecule has 0 fully saturated rings. The fraction of sp³-hybridized carbons (Fsp3) is 0.316. The molecule has 0 bridgehead atoms. The van der Waals surface area contributed by atoms with E-state index in [-0.39, 0.29) is 5.91 Å². The van der Waals surface area contributed by atoms with E-state index in [1.807, 2.05) is 49.7 Å². The van der Waals surface area contributed by atoms with Gasteiger partial charge in [0, 0.05) is 12.6 Å². The molecular formula is C19H22N4O3. The highest BCUT2D eigenvalue weighted by molar-refractivity contribution is 6.05. The molecule has 0 radical (unpaired) electrons. The summed E-state index contributed by atoms with van der Waals surface area (Å²) >= 11 is 0. The Bertz CT molecular complexity index is 910. The zero-order valence-corrected chi connectivity index (χ0v) is 15.4. The molecule has 0 atom stereocenters. The van der Waals surface area contributed by atoms with Crippen LogP contribution >= 0.6 is 0 Å². The molecule has 0 spiro atoms. The van der Waals surface area contributed by atoms with Gasteiger partial charge in [-0.1, -0.05) is 12.1 Å². The quantitative estimate of drug-likeness (QED) is 0.731. The fourth-order valence-electron chi connectivity index (χ4n) is 2.80. The second kappa shape index (κ2) is 7.43. The molecule has 1 aromatic carbocycles. The summed E-state index contributed by atoms with van der Waals surface area (Å²) in [6.07, 6.45) is 2.35. The molecule has 2 aromatic heterocycles. The maximum Gasteiger partial charge on any atom is 0.263 e. The monoisotopic (exact) mass is 354 g/mol. The summed E-state index contributed by atoms with van der Waals surface area (Å²) in [5.41, 5.74) is 2.99. The molecule has 0 saturated heterocycles. The van der Waals surface area contributed by atoms with E-state index in [9.17, 15) is 4.79 Å². The average molecular weight is 354 g/mol. The number of aromatic nitrogens is 3. The number of aryl methyl sites for hydroxylation is 2. The molecule has 7 heteroatoms. The first-order chi connectivity index (χ1) is 12.5. The van der Waals surface area contributed by atoms with Crippen LogP contribution in [0.4, 0.5) is 5.95 Å². The zero-order chi connectivity index (χ0) is 18.7. The van der Waals surface area contributed by atoms with Crippen molar-refractivity contribution in [3.8, 4) is 17.0 Å². The van der Waals surface area contributed by atoms with Gasteiger partial charge in [-0.05, 0) is 44.5 Å². The van der Waals surface area contributed by atoms with E-state index < -0.39 is 0 Å². The number of ether oxygens (including phenoxy) is 1. The van der Waals surface area contributed by atoms with Gasteiger partial charge < -0.3 is 13.8 Å². The van der Waals surface area contributed by atoms with Crippen LogP contribution in [0.1, 0.15) is 35.7 Å². The predicted molar refractivity (Wildman–Crippen MR) is 98.4 cm³/mol. The Kier molecular flexibility index (Phi) is 5.06. The molecule has 136 valence electrons. The van der Waals surface area contributed by atoms with Crippen molar-refractivity contribution < 1.29 is 14.1 Å². The van der Waals surface area contributed by atoms with Gasteiger partial charge in [-0.2, -0.15) is 0 Å². The summed E-state index contributed by atoms with van der Waals surface area (Å²) < 4.78 is 12.4. The van der Waals surface area contributed by atoms with Crippen LogP contribution in [0, 0.1) is 6.92 Å². The molecule has 2 heterocycles. The Morgan fingerprint density at radius 3 is 2.65 bits per heavy atom. The number of benzene rings is 1. The molecule has 0 unspecified atom stereocenters. The van der Waals surface area contributed by atoms with E-state index in [2.05, 4.69) is 15.5 Å². The van der Waals surface area contributed by atoms with Gasteiger partial charge in [-0.25, -0.2) is 4.98 Å². The lowest BCUT2D eigenvalue weighted by Gasteiger charge is -2.08. The number of amides is 1. The lowest BCUT2D eigenvalue weighted by molar-refractivity contribution is 0.102. The topological polar surface area (TPSA) is 82.2 Å². The molecule has 0 aliphatic heterocycles. The number of nitrogens with one attached hydrogen (secondary N) is 1. The third-order valence-electron chi connectivity index (χ3n) is 4.17. The molecule has 7 nitrogen and oxygen atoms in total. The number of hydrogen-bond donors (Lipinski definition) is 1. The molecular weight excluding hydrogens is 332 g/mol. The molecule has 1 amide bonds. The van der Waals surface area contributed by atoms with Crippen LogP contribution in [0.3, 0.4) is 0 Å². The van der Waals surface area contributed by atoms with Gasteiger partial charge in [0.25, 0.3) is 5.91 Å². The van der Waals surface area contributed by atoms with Crippen LogP contribution in [0.2, 0.25) is 0 Å². The highest BCUT2D eigenvalue weighted by Crippen LogP contribution is 2.25. The number of nitrogens with zero attached hydrogens (tertiary/aromatic N) is 3. The molecule has 0 aliphatic rings. The molecule has 1 N–H and O–H groups in total. The van der Waals surface area contributed by atoms with Crippen molar-refractivity contribution in [3.05, 3.63) is 47.5 Å². The number of rotatable bonds is 6. The maximum absolute atomic E-state index is 12.6. The van der Waals surface area contributed by atoms with Crippen molar-refractivity contribution in [2.24, 2.45) is 7.05 Å². The van der Waals surface area contributed by atoms with Crippen molar-refractivity contribution in [2.45, 2.75) is 27.2 Å². The summed E-state index contributed by atoms with van der Waals surface area (Å²) in [5.74, 6) is 1.51. The minimum Gasteiger partial charge on any atom is -0.494 e. The van der Waals surface area contributed by atoms with Gasteiger partial charge in [-0.3, -0.25) is 10.1 Å². The van der Waals surface area contributed by atoms with Crippen molar-refractivity contribution >= 4 is 11.9 Å². The number of imidazole rings is 1. The van der Waals surface area contributed by atoms with Crippen LogP contribution in [-0.2, 0) is 13.5 Å². The van der Waals surface area contributed by atoms with Crippen molar-refractivity contribution in [3.63, 3.8) is 0 Å². The smallest absolute Gasteiger partial charge is 0.263 e. The van der Waals surface area contributed by atoms with Crippen LogP contribution in [-0.4, -0.2) is 27.2 Å². The molecule has 0 aliphatic carbocycles. The maximum atomic E-state index is 12.6. The molecule has 26 heavy (non-hydrogen) atoms. The van der Waals surface area contributed by atoms with Gasteiger partial charge >= 0.3 is 0 Å². The van der Waals surface area contributed by atoms with Crippen molar-refractivity contribution in [1.82, 2.24) is 14.7 Å². The fourth-order valence-corrected chi connectivity index (χ4v) is 2.80. The first-order valence-corrected chi connectivity index (χ1v) is 8.56. The Hall–Kier alpha value is -3.09. The number of anilines is 1. The average Bonchev–Trinajstić information content (AvgIpc) is 3.19. The van der Waals surface area contributed by atoms with Crippen LogP contribution in [0.15, 0.2) is 35.0 Å². The summed E-state index contributed by atoms with van der Waals surface area (Å²) in [6, 6.07) is 7.76. The van der Waals surface area contributed by atoms with Gasteiger partial charge in [0.05, 0.1) is 24.2 Å². The minimum atomic E-state index is -0.271. The molecule has 3 aromatic rings. The van der Waals surface area contributed by atoms with E-state index in [0.717, 1.165) is 17.0 Å². The Balaban J connectivity index is 1.82. The summed E-state index contributed by atoms with van der Waals surface area (Å²) in [6.45, 7) is 6.23. The normalized spacial score (nSPS) is 10.8. The standard InChI is InChI=1S/C19H22N4O3/c1-5-15-17(12(3)26-22-15)18(24)21-19-20-11-16(23(19)4)13-7-9-14(10-8-13)25-6-2/h7-11H,5-6H2,1-4H3,(H,20,21,24). The highest BCUT2D eigenvalue weighted by atomic mass is 16.5. The largest absolute Gasteiger partial charge is 0.494 e. The van der Waals surface area contributed by atoms with E-state index in [0.29, 0.717) is 36.0 Å². The Morgan fingerprint density at radius 1 is 1.27 bits per heavy atom. The Morgan fingerprint density at radius 2 is 2.00 bits per heavy atom. The second-order valence-electron chi connectivity index (χ2n) is 5.85. The van der Waals surface area contributed by atoms with Crippen molar-refractivity contribution in [1.29, 1.82) is 0 Å². The number of carbonyl (C=O) groups excluding carboxylic acids is 1. The zero-order valence-electron chi connectivity index (χ0n) is 15.4. The van der Waals surface area contributed by atoms with E-state index in [1.165, 1.54) is 0 Å². The first-order valence-electron chi connectivity index (χ1n) is 8.56. The third-order valence-corrected chi connectivity index (χ3v) is 4.17. The van der Waals surface area contributed by atoms with Gasteiger partial charge in [0.2, 0.25) is 5.95 Å². The highest BCUT2D eigenvalue weighted by Gasteiger charge is 2.21. The second-order valence-corrected chi connectivity index (χ2v) is 5.85. The lowest BCUT2D eigenvalue weighted by Crippen LogP contribution is -2.17. The van der Waals surface area contributed by atoms with Gasteiger partial charge in [0.1, 0.15) is 17.1 Å². The van der Waals surface area contributed by atoms with Crippen molar-refractivity contribution in [2.75, 3.05) is 11.9 Å². The van der Waals surface area contributed by atoms with Crippen LogP contribution in [0.5, 0.6) is 5.75 Å². The number of hydrogen-bond acceptors (Lipinski definition) is 5. The summed E-state index contributed by atoms with van der Waals surface area (Å²) in [7, 11) is 1.86. The van der Waals surface area contributed by atoms with E-state index in [4.69, 9.17) is 9.26 Å². The first kappa shape index (κ1) is 17.7. The van der Waals surface area contributed by atoms with Crippen LogP contribution in [0.25, 0.3) is 11.3 Å². The number of carbonyl (C=O) groups is 1. The third kappa shape index (κ3) is 3.33. The van der Waals surface area contributed by atoms with E-state index in [1.54, 1.807) is 13.1 Å².